The Hall–Kier alpha value is -4.15. The van der Waals surface area contributed by atoms with Crippen molar-refractivity contribution in [2.45, 2.75) is 43.5 Å². The molecule has 0 saturated carbocycles. The molecule has 0 unspecified atom stereocenters. The Balaban J connectivity index is 1.28. The summed E-state index contributed by atoms with van der Waals surface area (Å²) >= 11 is 1.60. The van der Waals surface area contributed by atoms with Crippen molar-refractivity contribution in [1.82, 2.24) is 5.32 Å². The lowest BCUT2D eigenvalue weighted by Gasteiger charge is -2.41. The highest BCUT2D eigenvalue weighted by atomic mass is 32.2. The zero-order valence-electron chi connectivity index (χ0n) is 23.7. The number of benzene rings is 4. The third-order valence-electron chi connectivity index (χ3n) is 7.38. The summed E-state index contributed by atoms with van der Waals surface area (Å²) in [6.45, 7) is 2.49. The number of urea groups is 1. The van der Waals surface area contributed by atoms with Crippen molar-refractivity contribution in [2.75, 3.05) is 11.1 Å². The molecule has 0 spiro atoms. The number of carbonyl (C=O) groups is 2. The molecule has 1 aliphatic rings. The Morgan fingerprint density at radius 3 is 2.14 bits per heavy atom. The average molecular weight is 599 g/mol. The van der Waals surface area contributed by atoms with Gasteiger partial charge in [0.15, 0.2) is 6.29 Å². The van der Waals surface area contributed by atoms with Gasteiger partial charge in [0.1, 0.15) is 0 Å². The van der Waals surface area contributed by atoms with Crippen LogP contribution < -0.4 is 10.6 Å². The van der Waals surface area contributed by atoms with Crippen LogP contribution in [0.5, 0.6) is 0 Å². The number of rotatable bonds is 10. The van der Waals surface area contributed by atoms with Gasteiger partial charge in [-0.15, -0.1) is 11.8 Å². The minimum absolute atomic E-state index is 0.0104. The van der Waals surface area contributed by atoms with Gasteiger partial charge in [-0.1, -0.05) is 73.7 Å². The SMILES string of the molecule is C[C@H]1[C@@H](CSc2ccc(C(=O)O)cc2)O[C@@H](c2ccc(NC(=O)NCc3ccccc3)cc2)O[C@H]1c1ccc(CO)cc1. The number of aromatic carboxylic acids is 1. The third-order valence-corrected chi connectivity index (χ3v) is 8.48. The normalized spacial score (nSPS) is 19.9. The fourth-order valence-corrected chi connectivity index (χ4v) is 5.93. The zero-order valence-corrected chi connectivity index (χ0v) is 24.5. The van der Waals surface area contributed by atoms with Crippen LogP contribution in [0.4, 0.5) is 10.5 Å². The van der Waals surface area contributed by atoms with Crippen molar-refractivity contribution in [3.8, 4) is 0 Å². The van der Waals surface area contributed by atoms with Crippen LogP contribution in [-0.4, -0.2) is 34.1 Å². The molecule has 2 amide bonds. The van der Waals surface area contributed by atoms with Crippen LogP contribution in [0.2, 0.25) is 0 Å². The molecule has 4 N–H and O–H groups in total. The van der Waals surface area contributed by atoms with Gasteiger partial charge in [-0.05, 0) is 53.1 Å². The highest BCUT2D eigenvalue weighted by Crippen LogP contribution is 2.43. The summed E-state index contributed by atoms with van der Waals surface area (Å²) in [5, 5.41) is 24.4. The first-order valence-corrected chi connectivity index (χ1v) is 15.0. The Bertz CT molecular complexity index is 1500. The van der Waals surface area contributed by atoms with Crippen molar-refractivity contribution in [3.63, 3.8) is 0 Å². The summed E-state index contributed by atoms with van der Waals surface area (Å²) in [5.74, 6) is -0.305. The molecule has 0 aromatic heterocycles. The maximum atomic E-state index is 12.4. The molecule has 0 radical (unpaired) electrons. The predicted octanol–water partition coefficient (Wildman–Crippen LogP) is 6.78. The Morgan fingerprint density at radius 2 is 1.49 bits per heavy atom. The largest absolute Gasteiger partial charge is 0.478 e. The number of hydrogen-bond donors (Lipinski definition) is 4. The monoisotopic (exact) mass is 598 g/mol. The smallest absolute Gasteiger partial charge is 0.335 e. The summed E-state index contributed by atoms with van der Waals surface area (Å²) in [4.78, 5) is 24.6. The fourth-order valence-electron chi connectivity index (χ4n) is 4.86. The van der Waals surface area contributed by atoms with E-state index in [0.717, 1.165) is 27.1 Å². The van der Waals surface area contributed by atoms with E-state index >= 15 is 0 Å². The number of anilines is 1. The number of ether oxygens (including phenoxy) is 2. The van der Waals surface area contributed by atoms with E-state index < -0.39 is 12.3 Å². The molecule has 1 aliphatic heterocycles. The van der Waals surface area contributed by atoms with E-state index in [-0.39, 0.29) is 36.3 Å². The Morgan fingerprint density at radius 1 is 0.814 bits per heavy atom. The molecule has 222 valence electrons. The first-order chi connectivity index (χ1) is 20.9. The molecule has 0 aliphatic carbocycles. The topological polar surface area (TPSA) is 117 Å². The summed E-state index contributed by atoms with van der Waals surface area (Å²) < 4.78 is 13.0. The summed E-state index contributed by atoms with van der Waals surface area (Å²) in [6.07, 6.45) is -1.07. The highest BCUT2D eigenvalue weighted by molar-refractivity contribution is 7.99. The number of thioether (sulfide) groups is 1. The molecule has 0 bridgehead atoms. The maximum absolute atomic E-state index is 12.4. The van der Waals surface area contributed by atoms with Crippen molar-refractivity contribution >= 4 is 29.4 Å². The second-order valence-corrected chi connectivity index (χ2v) is 11.5. The molecule has 43 heavy (non-hydrogen) atoms. The van der Waals surface area contributed by atoms with Gasteiger partial charge in [0, 0.05) is 34.4 Å². The number of amides is 2. The van der Waals surface area contributed by atoms with E-state index in [2.05, 4.69) is 17.6 Å². The molecule has 1 fully saturated rings. The van der Waals surface area contributed by atoms with E-state index in [1.165, 1.54) is 0 Å². The number of carbonyl (C=O) groups excluding carboxylic acids is 1. The lowest BCUT2D eigenvalue weighted by Crippen LogP contribution is -2.38. The van der Waals surface area contributed by atoms with Gasteiger partial charge in [-0.2, -0.15) is 0 Å². The zero-order chi connectivity index (χ0) is 30.2. The number of carboxylic acids is 1. The van der Waals surface area contributed by atoms with Crippen molar-refractivity contribution in [3.05, 3.63) is 131 Å². The van der Waals surface area contributed by atoms with Crippen molar-refractivity contribution in [2.24, 2.45) is 5.92 Å². The van der Waals surface area contributed by atoms with Crippen LogP contribution in [-0.2, 0) is 22.6 Å². The second-order valence-electron chi connectivity index (χ2n) is 10.4. The van der Waals surface area contributed by atoms with E-state index in [4.69, 9.17) is 9.47 Å². The van der Waals surface area contributed by atoms with Crippen LogP contribution in [0.15, 0.2) is 108 Å². The molecule has 1 heterocycles. The molecule has 1 saturated heterocycles. The summed E-state index contributed by atoms with van der Waals surface area (Å²) in [6, 6.07) is 31.4. The van der Waals surface area contributed by atoms with Crippen LogP contribution >= 0.6 is 11.8 Å². The van der Waals surface area contributed by atoms with E-state index in [0.29, 0.717) is 18.0 Å². The molecule has 4 atom stereocenters. The van der Waals surface area contributed by atoms with Crippen LogP contribution in [0.1, 0.15) is 51.9 Å². The van der Waals surface area contributed by atoms with Crippen LogP contribution in [0.3, 0.4) is 0 Å². The van der Waals surface area contributed by atoms with Crippen molar-refractivity contribution < 1.29 is 29.3 Å². The fraction of sp³-hybridized carbons (Fsp3) is 0.235. The Kier molecular flexibility index (Phi) is 10.1. The molecule has 4 aromatic carbocycles. The minimum Gasteiger partial charge on any atom is -0.478 e. The highest BCUT2D eigenvalue weighted by Gasteiger charge is 2.38. The lowest BCUT2D eigenvalue weighted by atomic mass is 9.91. The second kappa shape index (κ2) is 14.3. The van der Waals surface area contributed by atoms with Gasteiger partial charge in [0.05, 0.1) is 24.4 Å². The number of nitrogens with one attached hydrogen (secondary N) is 2. The van der Waals surface area contributed by atoms with Gasteiger partial charge < -0.3 is 30.3 Å². The van der Waals surface area contributed by atoms with Gasteiger partial charge in [0.2, 0.25) is 0 Å². The number of carboxylic acid groups (broad SMARTS) is 1. The molecule has 8 nitrogen and oxygen atoms in total. The number of aliphatic hydroxyl groups is 1. The van der Waals surface area contributed by atoms with E-state index in [1.807, 2.05) is 91.0 Å². The van der Waals surface area contributed by atoms with Crippen LogP contribution in [0.25, 0.3) is 0 Å². The third kappa shape index (κ3) is 8.03. The summed E-state index contributed by atoms with van der Waals surface area (Å²) in [7, 11) is 0. The quantitative estimate of drug-likeness (QED) is 0.149. The first kappa shape index (κ1) is 30.3. The molecule has 9 heteroatoms. The molecular weight excluding hydrogens is 564 g/mol. The van der Waals surface area contributed by atoms with Crippen molar-refractivity contribution in [1.29, 1.82) is 0 Å². The lowest BCUT2D eigenvalue weighted by molar-refractivity contribution is -0.268. The van der Waals surface area contributed by atoms with E-state index in [9.17, 15) is 19.8 Å². The van der Waals surface area contributed by atoms with Crippen LogP contribution in [0, 0.1) is 5.92 Å². The van der Waals surface area contributed by atoms with Gasteiger partial charge in [-0.3, -0.25) is 0 Å². The van der Waals surface area contributed by atoms with Gasteiger partial charge in [0.25, 0.3) is 0 Å². The van der Waals surface area contributed by atoms with Gasteiger partial charge >= 0.3 is 12.0 Å². The first-order valence-electron chi connectivity index (χ1n) is 14.0. The molecule has 5 rings (SSSR count). The average Bonchev–Trinajstić information content (AvgIpc) is 3.04. The maximum Gasteiger partial charge on any atom is 0.335 e. The number of hydrogen-bond acceptors (Lipinski definition) is 6. The number of aliphatic hydroxyl groups excluding tert-OH is 1. The predicted molar refractivity (Wildman–Crippen MR) is 166 cm³/mol. The van der Waals surface area contributed by atoms with E-state index in [1.54, 1.807) is 23.9 Å². The minimum atomic E-state index is -0.954. The summed E-state index contributed by atoms with van der Waals surface area (Å²) in [5.41, 5.74) is 4.55. The van der Waals surface area contributed by atoms with Gasteiger partial charge in [-0.25, -0.2) is 9.59 Å². The molecular formula is C34H34N2O6S. The standard InChI is InChI=1S/C34H34N2O6S/c1-22-30(21-43-29-17-13-26(14-18-29)32(38)39)41-33(42-31(22)25-9-7-24(20-37)8-10-25)27-11-15-28(16-12-27)36-34(40)35-19-23-5-3-2-4-6-23/h2-18,22,30-31,33,37H,19-21H2,1H3,(H,38,39)(H2,35,36,40)/t22-,30+,31+,33+/m0/s1. The Labute approximate surface area is 255 Å². The molecule has 4 aromatic rings.